The second-order valence-corrected chi connectivity index (χ2v) is 6.05. The maximum atomic E-state index is 12.2. The van der Waals surface area contributed by atoms with Crippen LogP contribution in [0.1, 0.15) is 41.3 Å². The van der Waals surface area contributed by atoms with Crippen molar-refractivity contribution in [3.8, 4) is 0 Å². The molecule has 2 rings (SSSR count). The van der Waals surface area contributed by atoms with Crippen LogP contribution in [0.2, 0.25) is 0 Å². The molecule has 4 heteroatoms. The molecule has 2 aromatic rings. The molecule has 1 amide bonds. The number of nitrogens with one attached hydrogen (secondary N) is 1. The molecule has 0 fully saturated rings. The van der Waals surface area contributed by atoms with Gasteiger partial charge in [-0.2, -0.15) is 0 Å². The van der Waals surface area contributed by atoms with Gasteiger partial charge < -0.3 is 5.32 Å². The second-order valence-electron chi connectivity index (χ2n) is 5.78. The van der Waals surface area contributed by atoms with Gasteiger partial charge in [0.2, 0.25) is 5.91 Å². The van der Waals surface area contributed by atoms with E-state index in [-0.39, 0.29) is 17.6 Å². The fraction of sp³-hybridized carbons (Fsp3) is 0.200. The predicted octanol–water partition coefficient (Wildman–Crippen LogP) is 4.88. The summed E-state index contributed by atoms with van der Waals surface area (Å²) in [5.41, 5.74) is 3.44. The Bertz CT molecular complexity index is 731. The van der Waals surface area contributed by atoms with Gasteiger partial charge in [-0.25, -0.2) is 0 Å². The summed E-state index contributed by atoms with van der Waals surface area (Å²) < 4.78 is 0. The van der Waals surface area contributed by atoms with E-state index in [0.717, 1.165) is 5.56 Å². The van der Waals surface area contributed by atoms with Crippen molar-refractivity contribution in [2.24, 2.45) is 0 Å². The minimum absolute atomic E-state index is 0.0850. The fourth-order valence-electron chi connectivity index (χ4n) is 2.17. The summed E-state index contributed by atoms with van der Waals surface area (Å²) >= 11 is 5.43. The van der Waals surface area contributed by atoms with Gasteiger partial charge in [-0.15, -0.1) is 11.6 Å². The molecule has 0 aliphatic heterocycles. The highest BCUT2D eigenvalue weighted by atomic mass is 35.5. The number of allylic oxidation sites excluding steroid dienone is 1. The number of halogens is 1. The number of carbonyl (C=O) groups is 2. The molecular formula is C20H20ClNO2. The molecule has 24 heavy (non-hydrogen) atoms. The molecule has 1 N–H and O–H groups in total. The van der Waals surface area contributed by atoms with Crippen LogP contribution in [0.25, 0.3) is 6.08 Å². The molecule has 2 aromatic carbocycles. The lowest BCUT2D eigenvalue weighted by Gasteiger charge is -2.05. The number of carbonyl (C=O) groups excluding carboxylic acids is 2. The van der Waals surface area contributed by atoms with E-state index >= 15 is 0 Å². The van der Waals surface area contributed by atoms with Crippen molar-refractivity contribution in [3.63, 3.8) is 0 Å². The van der Waals surface area contributed by atoms with E-state index in [1.807, 2.05) is 12.1 Å². The normalized spacial score (nSPS) is 11.0. The van der Waals surface area contributed by atoms with E-state index in [9.17, 15) is 9.59 Å². The third-order valence-electron chi connectivity index (χ3n) is 3.60. The number of rotatable bonds is 6. The van der Waals surface area contributed by atoms with Gasteiger partial charge in [-0.05, 0) is 47.4 Å². The van der Waals surface area contributed by atoms with Gasteiger partial charge >= 0.3 is 0 Å². The van der Waals surface area contributed by atoms with Gasteiger partial charge in [-0.3, -0.25) is 9.59 Å². The van der Waals surface area contributed by atoms with Crippen LogP contribution in [0.5, 0.6) is 0 Å². The maximum absolute atomic E-state index is 12.2. The Morgan fingerprint density at radius 3 is 2.21 bits per heavy atom. The van der Waals surface area contributed by atoms with Crippen LogP contribution in [0.4, 0.5) is 5.69 Å². The number of amides is 1. The number of anilines is 1. The van der Waals surface area contributed by atoms with Gasteiger partial charge in [-0.1, -0.05) is 44.2 Å². The van der Waals surface area contributed by atoms with Gasteiger partial charge in [0.25, 0.3) is 0 Å². The molecule has 0 bridgehead atoms. The Labute approximate surface area is 147 Å². The molecule has 0 aliphatic rings. The summed E-state index contributed by atoms with van der Waals surface area (Å²) in [5, 5.41) is 2.63. The summed E-state index contributed by atoms with van der Waals surface area (Å²) in [7, 11) is 0. The van der Waals surface area contributed by atoms with Gasteiger partial charge in [0.1, 0.15) is 5.88 Å². The van der Waals surface area contributed by atoms with Crippen molar-refractivity contribution in [1.29, 1.82) is 0 Å². The van der Waals surface area contributed by atoms with Crippen molar-refractivity contribution in [2.45, 2.75) is 19.8 Å². The molecule has 0 heterocycles. The quantitative estimate of drug-likeness (QED) is 0.462. The van der Waals surface area contributed by atoms with Crippen molar-refractivity contribution in [3.05, 3.63) is 71.3 Å². The first-order chi connectivity index (χ1) is 11.5. The molecule has 0 saturated carbocycles. The van der Waals surface area contributed by atoms with Crippen molar-refractivity contribution >= 4 is 35.1 Å². The average molecular weight is 342 g/mol. The Balaban J connectivity index is 2.02. The minimum Gasteiger partial charge on any atom is -0.325 e. The van der Waals surface area contributed by atoms with Crippen molar-refractivity contribution < 1.29 is 9.59 Å². The van der Waals surface area contributed by atoms with E-state index in [2.05, 4.69) is 31.3 Å². The second kappa shape index (κ2) is 8.46. The van der Waals surface area contributed by atoms with Crippen LogP contribution in [-0.2, 0) is 4.79 Å². The Kier molecular flexibility index (Phi) is 6.33. The Hall–Kier alpha value is -2.39. The van der Waals surface area contributed by atoms with Crippen LogP contribution >= 0.6 is 11.6 Å². The zero-order chi connectivity index (χ0) is 17.5. The summed E-state index contributed by atoms with van der Waals surface area (Å²) in [6.07, 6.45) is 3.35. The lowest BCUT2D eigenvalue weighted by atomic mass is 10.0. The number of hydrogen-bond donors (Lipinski definition) is 1. The third kappa shape index (κ3) is 5.07. The molecule has 0 spiro atoms. The van der Waals surface area contributed by atoms with Crippen molar-refractivity contribution in [2.75, 3.05) is 11.2 Å². The largest absolute Gasteiger partial charge is 0.325 e. The highest BCUT2D eigenvalue weighted by Gasteiger charge is 2.04. The summed E-state index contributed by atoms with van der Waals surface area (Å²) in [6, 6.07) is 14.9. The first-order valence-corrected chi connectivity index (χ1v) is 8.31. The zero-order valence-corrected chi connectivity index (χ0v) is 14.5. The van der Waals surface area contributed by atoms with E-state index in [1.165, 1.54) is 5.56 Å². The van der Waals surface area contributed by atoms with Gasteiger partial charge in [0, 0.05) is 11.3 Å². The minimum atomic E-state index is -0.277. The van der Waals surface area contributed by atoms with Crippen LogP contribution in [0, 0.1) is 0 Å². The molecule has 0 unspecified atom stereocenters. The first kappa shape index (κ1) is 18.0. The fourth-order valence-corrected chi connectivity index (χ4v) is 2.24. The standard InChI is InChI=1S/C20H20ClNO2/c1-14(2)16-6-3-15(4-7-16)5-12-19(23)17-8-10-18(11-9-17)22-20(24)13-21/h3-12,14H,13H2,1-2H3,(H,22,24). The molecule has 0 aliphatic carbocycles. The SMILES string of the molecule is CC(C)c1ccc(C=CC(=O)c2ccc(NC(=O)CCl)cc2)cc1. The van der Waals surface area contributed by atoms with Crippen LogP contribution < -0.4 is 5.32 Å². The molecule has 0 aromatic heterocycles. The first-order valence-electron chi connectivity index (χ1n) is 7.78. The monoisotopic (exact) mass is 341 g/mol. The smallest absolute Gasteiger partial charge is 0.239 e. The van der Waals surface area contributed by atoms with E-state index in [0.29, 0.717) is 17.2 Å². The number of hydrogen-bond acceptors (Lipinski definition) is 2. The van der Waals surface area contributed by atoms with E-state index in [1.54, 1.807) is 36.4 Å². The number of benzene rings is 2. The zero-order valence-electron chi connectivity index (χ0n) is 13.8. The van der Waals surface area contributed by atoms with E-state index in [4.69, 9.17) is 11.6 Å². The molecule has 0 atom stereocenters. The summed E-state index contributed by atoms with van der Waals surface area (Å²) in [4.78, 5) is 23.4. The topological polar surface area (TPSA) is 46.2 Å². The number of ketones is 1. The molecule has 3 nitrogen and oxygen atoms in total. The highest BCUT2D eigenvalue weighted by Crippen LogP contribution is 2.16. The molecule has 0 saturated heterocycles. The third-order valence-corrected chi connectivity index (χ3v) is 3.85. The van der Waals surface area contributed by atoms with Crippen LogP contribution in [0.15, 0.2) is 54.6 Å². The van der Waals surface area contributed by atoms with Gasteiger partial charge in [0.05, 0.1) is 0 Å². The lowest BCUT2D eigenvalue weighted by Crippen LogP contribution is -2.12. The highest BCUT2D eigenvalue weighted by molar-refractivity contribution is 6.29. The Morgan fingerprint density at radius 1 is 1.04 bits per heavy atom. The summed E-state index contributed by atoms with van der Waals surface area (Å²) in [5.74, 6) is 0.0278. The molecular weight excluding hydrogens is 322 g/mol. The average Bonchev–Trinajstić information content (AvgIpc) is 2.60. The van der Waals surface area contributed by atoms with Crippen LogP contribution in [0.3, 0.4) is 0 Å². The lowest BCUT2D eigenvalue weighted by molar-refractivity contribution is -0.113. The number of alkyl halides is 1. The summed E-state index contributed by atoms with van der Waals surface area (Å²) in [6.45, 7) is 4.29. The molecule has 0 radical (unpaired) electrons. The predicted molar refractivity (Wildman–Crippen MR) is 99.7 cm³/mol. The Morgan fingerprint density at radius 2 is 1.67 bits per heavy atom. The van der Waals surface area contributed by atoms with Crippen molar-refractivity contribution in [1.82, 2.24) is 0 Å². The molecule has 124 valence electrons. The van der Waals surface area contributed by atoms with Gasteiger partial charge in [0.15, 0.2) is 5.78 Å². The van der Waals surface area contributed by atoms with E-state index < -0.39 is 0 Å². The maximum Gasteiger partial charge on any atom is 0.239 e. The van der Waals surface area contributed by atoms with Crippen LogP contribution in [-0.4, -0.2) is 17.6 Å².